The summed E-state index contributed by atoms with van der Waals surface area (Å²) in [5.41, 5.74) is 1.81. The summed E-state index contributed by atoms with van der Waals surface area (Å²) in [4.78, 5) is 0. The van der Waals surface area contributed by atoms with Crippen LogP contribution in [0.5, 0.6) is 0 Å². The average Bonchev–Trinajstić information content (AvgIpc) is 2.42. The van der Waals surface area contributed by atoms with Crippen LogP contribution in [-0.4, -0.2) is 0 Å². The fraction of sp³-hybridized carbons (Fsp3) is 0.250. The second-order valence-electron chi connectivity index (χ2n) is 4.51. The van der Waals surface area contributed by atoms with E-state index < -0.39 is 0 Å². The van der Waals surface area contributed by atoms with Crippen molar-refractivity contribution in [2.24, 2.45) is 0 Å². The Kier molecular flexibility index (Phi) is 5.24. The zero-order valence-electron chi connectivity index (χ0n) is 10.5. The van der Waals surface area contributed by atoms with Crippen LogP contribution in [0.3, 0.4) is 0 Å². The molecule has 0 aliphatic heterocycles. The van der Waals surface area contributed by atoms with Gasteiger partial charge in [0.1, 0.15) is 5.82 Å². The average molecular weight is 297 g/mol. The van der Waals surface area contributed by atoms with Crippen molar-refractivity contribution in [1.82, 2.24) is 0 Å². The molecule has 0 heterocycles. The van der Waals surface area contributed by atoms with Crippen LogP contribution in [0.2, 0.25) is 5.02 Å². The van der Waals surface area contributed by atoms with E-state index in [2.05, 4.69) is 0 Å². The lowest BCUT2D eigenvalue weighted by atomic mass is 10.0. The summed E-state index contributed by atoms with van der Waals surface area (Å²) in [5.74, 6) is -0.238. The number of aryl methyl sites for hydroxylation is 1. The van der Waals surface area contributed by atoms with Crippen molar-refractivity contribution in [2.75, 3.05) is 0 Å². The zero-order chi connectivity index (χ0) is 13.7. The fourth-order valence-electron chi connectivity index (χ4n) is 2.02. The number of hydrogen-bond donors (Lipinski definition) is 0. The lowest BCUT2D eigenvalue weighted by Gasteiger charge is -2.10. The topological polar surface area (TPSA) is 0 Å². The van der Waals surface area contributed by atoms with Crippen molar-refractivity contribution < 1.29 is 4.39 Å². The number of halogens is 3. The third-order valence-electron chi connectivity index (χ3n) is 3.08. The second-order valence-corrected chi connectivity index (χ2v) is 5.47. The molecule has 1 atom stereocenters. The fourth-order valence-corrected chi connectivity index (χ4v) is 2.48. The first-order valence-corrected chi connectivity index (χ1v) is 7.11. The van der Waals surface area contributed by atoms with Gasteiger partial charge in [-0.25, -0.2) is 4.39 Å². The minimum Gasteiger partial charge on any atom is -0.207 e. The Labute approximate surface area is 123 Å². The Bertz CT molecular complexity index is 526. The summed E-state index contributed by atoms with van der Waals surface area (Å²) in [5, 5.41) is 0.414. The highest BCUT2D eigenvalue weighted by Gasteiger charge is 2.08. The largest absolute Gasteiger partial charge is 0.207 e. The second kappa shape index (κ2) is 6.93. The molecule has 0 spiro atoms. The van der Waals surface area contributed by atoms with Crippen LogP contribution in [0, 0.1) is 5.82 Å². The molecule has 0 amide bonds. The van der Waals surface area contributed by atoms with Gasteiger partial charge in [0.2, 0.25) is 0 Å². The highest BCUT2D eigenvalue weighted by atomic mass is 35.5. The van der Waals surface area contributed by atoms with Gasteiger partial charge in [0.05, 0.1) is 5.38 Å². The van der Waals surface area contributed by atoms with Gasteiger partial charge in [-0.05, 0) is 42.5 Å². The minimum absolute atomic E-state index is 0.0171. The van der Waals surface area contributed by atoms with Crippen LogP contribution in [0.4, 0.5) is 4.39 Å². The minimum atomic E-state index is -0.238. The van der Waals surface area contributed by atoms with E-state index in [4.69, 9.17) is 23.2 Å². The Hall–Kier alpha value is -1.05. The smallest absolute Gasteiger partial charge is 0.127 e. The highest BCUT2D eigenvalue weighted by Crippen LogP contribution is 2.26. The van der Waals surface area contributed by atoms with Gasteiger partial charge in [0.25, 0.3) is 0 Å². The number of alkyl halides is 1. The molecular weight excluding hydrogens is 282 g/mol. The summed E-state index contributed by atoms with van der Waals surface area (Å²) in [6.07, 6.45) is 2.36. The Morgan fingerprint density at radius 2 is 1.79 bits per heavy atom. The van der Waals surface area contributed by atoms with Crippen molar-refractivity contribution in [3.05, 3.63) is 70.5 Å². The molecule has 0 saturated heterocycles. The molecule has 100 valence electrons. The van der Waals surface area contributed by atoms with E-state index in [1.807, 2.05) is 30.3 Å². The van der Waals surface area contributed by atoms with Crippen LogP contribution < -0.4 is 0 Å². The Morgan fingerprint density at radius 1 is 1.05 bits per heavy atom. The molecule has 0 bridgehead atoms. The van der Waals surface area contributed by atoms with Gasteiger partial charge in [-0.1, -0.05) is 48.0 Å². The van der Waals surface area contributed by atoms with E-state index >= 15 is 0 Å². The molecule has 3 heteroatoms. The first-order chi connectivity index (χ1) is 9.16. The molecule has 0 N–H and O–H groups in total. The normalized spacial score (nSPS) is 12.4. The number of hydrogen-bond acceptors (Lipinski definition) is 0. The van der Waals surface area contributed by atoms with Crippen molar-refractivity contribution >= 4 is 23.2 Å². The lowest BCUT2D eigenvalue weighted by molar-refractivity contribution is 0.599. The van der Waals surface area contributed by atoms with E-state index in [9.17, 15) is 4.39 Å². The highest BCUT2D eigenvalue weighted by molar-refractivity contribution is 6.30. The summed E-state index contributed by atoms with van der Waals surface area (Å²) < 4.78 is 13.6. The molecule has 2 rings (SSSR count). The van der Waals surface area contributed by atoms with Gasteiger partial charge in [0.15, 0.2) is 0 Å². The molecule has 0 nitrogen and oxygen atoms in total. The predicted molar refractivity (Wildman–Crippen MR) is 79.4 cm³/mol. The molecule has 0 aliphatic rings. The quantitative estimate of drug-likeness (QED) is 0.613. The van der Waals surface area contributed by atoms with Gasteiger partial charge in [0, 0.05) is 5.02 Å². The molecule has 0 radical (unpaired) electrons. The van der Waals surface area contributed by atoms with Crippen LogP contribution >= 0.6 is 23.2 Å². The monoisotopic (exact) mass is 296 g/mol. The van der Waals surface area contributed by atoms with Crippen molar-refractivity contribution in [3.63, 3.8) is 0 Å². The summed E-state index contributed by atoms with van der Waals surface area (Å²) in [7, 11) is 0. The number of benzene rings is 2. The molecular formula is C16H15Cl2F. The molecule has 0 fully saturated rings. The van der Waals surface area contributed by atoms with Gasteiger partial charge < -0.3 is 0 Å². The van der Waals surface area contributed by atoms with Crippen molar-refractivity contribution in [3.8, 4) is 0 Å². The molecule has 0 aromatic heterocycles. The van der Waals surface area contributed by atoms with Crippen LogP contribution in [0.25, 0.3) is 0 Å². The maximum Gasteiger partial charge on any atom is 0.127 e. The Morgan fingerprint density at radius 3 is 2.47 bits per heavy atom. The first kappa shape index (κ1) is 14.4. The molecule has 0 aliphatic carbocycles. The number of rotatable bonds is 5. The van der Waals surface area contributed by atoms with Crippen molar-refractivity contribution in [1.29, 1.82) is 0 Å². The summed E-state index contributed by atoms with van der Waals surface area (Å²) in [6.45, 7) is 0. The summed E-state index contributed by atoms with van der Waals surface area (Å²) >= 11 is 12.0. The SMILES string of the molecule is Fc1cc(Cl)ccc1CCCC(Cl)c1ccccc1. The summed E-state index contributed by atoms with van der Waals surface area (Å²) in [6, 6.07) is 14.8. The van der Waals surface area contributed by atoms with Gasteiger partial charge >= 0.3 is 0 Å². The van der Waals surface area contributed by atoms with Crippen LogP contribution in [0.15, 0.2) is 48.5 Å². The third kappa shape index (κ3) is 4.22. The maximum atomic E-state index is 13.6. The predicted octanol–water partition coefficient (Wildman–Crippen LogP) is 5.78. The zero-order valence-corrected chi connectivity index (χ0v) is 12.0. The van der Waals surface area contributed by atoms with Crippen LogP contribution in [0.1, 0.15) is 29.3 Å². The molecule has 19 heavy (non-hydrogen) atoms. The molecule has 1 unspecified atom stereocenters. The maximum absolute atomic E-state index is 13.6. The van der Waals surface area contributed by atoms with Gasteiger partial charge in [-0.15, -0.1) is 11.6 Å². The molecule has 2 aromatic carbocycles. The van der Waals surface area contributed by atoms with Gasteiger partial charge in [-0.2, -0.15) is 0 Å². The van der Waals surface area contributed by atoms with E-state index in [1.165, 1.54) is 6.07 Å². The lowest BCUT2D eigenvalue weighted by Crippen LogP contribution is -1.95. The molecule has 2 aromatic rings. The van der Waals surface area contributed by atoms with Crippen molar-refractivity contribution in [2.45, 2.75) is 24.6 Å². The third-order valence-corrected chi connectivity index (χ3v) is 3.79. The standard InChI is InChI=1S/C16H15Cl2F/c17-14-10-9-13(16(19)11-14)7-4-8-15(18)12-5-2-1-3-6-12/h1-3,5-6,9-11,15H,4,7-8H2. The van der Waals surface area contributed by atoms with Gasteiger partial charge in [-0.3, -0.25) is 0 Å². The van der Waals surface area contributed by atoms with E-state index in [0.29, 0.717) is 17.0 Å². The molecule has 0 saturated carbocycles. The van der Waals surface area contributed by atoms with E-state index in [1.54, 1.807) is 12.1 Å². The van der Waals surface area contributed by atoms with E-state index in [-0.39, 0.29) is 11.2 Å². The first-order valence-electron chi connectivity index (χ1n) is 6.30. The van der Waals surface area contributed by atoms with E-state index in [0.717, 1.165) is 18.4 Å². The van der Waals surface area contributed by atoms with Crippen LogP contribution in [-0.2, 0) is 6.42 Å². The Balaban J connectivity index is 1.86.